The van der Waals surface area contributed by atoms with E-state index < -0.39 is 12.1 Å². The summed E-state index contributed by atoms with van der Waals surface area (Å²) in [5.41, 5.74) is 1.47. The maximum Gasteiger partial charge on any atom is 0.338 e. The number of carbonyl (C=O) groups excluding carboxylic acids is 2. The molecule has 0 fully saturated rings. The van der Waals surface area contributed by atoms with Crippen molar-refractivity contribution in [3.63, 3.8) is 0 Å². The van der Waals surface area contributed by atoms with Crippen molar-refractivity contribution in [1.82, 2.24) is 5.32 Å². The average Bonchev–Trinajstić information content (AvgIpc) is 3.14. The molecule has 1 N–H and O–H groups in total. The van der Waals surface area contributed by atoms with Crippen LogP contribution in [0.1, 0.15) is 36.9 Å². The third-order valence-electron chi connectivity index (χ3n) is 3.90. The highest BCUT2D eigenvalue weighted by molar-refractivity contribution is 5.92. The maximum absolute atomic E-state index is 12.2. The molecule has 0 unspecified atom stereocenters. The van der Waals surface area contributed by atoms with Crippen molar-refractivity contribution in [2.45, 2.75) is 33.4 Å². The molecule has 0 saturated carbocycles. The van der Waals surface area contributed by atoms with E-state index in [0.717, 1.165) is 18.8 Å². The molecule has 1 heterocycles. The molecule has 0 bridgehead atoms. The molecule has 1 aromatic heterocycles. The minimum atomic E-state index is -0.884. The fraction of sp³-hybridized carbons (Fsp3) is 0.368. The van der Waals surface area contributed by atoms with Crippen LogP contribution < -0.4 is 10.2 Å². The van der Waals surface area contributed by atoms with Crippen LogP contribution in [0.3, 0.4) is 0 Å². The topological polar surface area (TPSA) is 71.8 Å². The van der Waals surface area contributed by atoms with E-state index in [-0.39, 0.29) is 12.5 Å². The van der Waals surface area contributed by atoms with Crippen LogP contribution in [-0.2, 0) is 16.1 Å². The summed E-state index contributed by atoms with van der Waals surface area (Å²) in [6.45, 7) is 7.75. The molecule has 6 nitrogen and oxygen atoms in total. The maximum atomic E-state index is 12.2. The zero-order valence-electron chi connectivity index (χ0n) is 14.8. The van der Waals surface area contributed by atoms with Crippen LogP contribution in [0.25, 0.3) is 0 Å². The standard InChI is InChI=1S/C19H24N2O4/c1-4-21(5-2)16-10-8-15(9-11-16)19(23)25-14(3)18(22)20-13-17-7-6-12-24-17/h6-12,14H,4-5,13H2,1-3H3,(H,20,22)/t14-/m0/s1. The van der Waals surface area contributed by atoms with Gasteiger partial charge in [-0.2, -0.15) is 0 Å². The van der Waals surface area contributed by atoms with E-state index >= 15 is 0 Å². The lowest BCUT2D eigenvalue weighted by molar-refractivity contribution is -0.129. The van der Waals surface area contributed by atoms with E-state index in [1.807, 2.05) is 12.1 Å². The smallest absolute Gasteiger partial charge is 0.338 e. The summed E-state index contributed by atoms with van der Waals surface area (Å²) in [6, 6.07) is 10.7. The van der Waals surface area contributed by atoms with Crippen LogP contribution in [0.5, 0.6) is 0 Å². The first-order chi connectivity index (χ1) is 12.0. The third kappa shape index (κ3) is 5.11. The Labute approximate surface area is 147 Å². The molecule has 2 aromatic rings. The number of ether oxygens (including phenoxy) is 1. The van der Waals surface area contributed by atoms with Crippen molar-refractivity contribution in [1.29, 1.82) is 0 Å². The van der Waals surface area contributed by atoms with Crippen molar-refractivity contribution in [3.8, 4) is 0 Å². The second-order valence-electron chi connectivity index (χ2n) is 5.56. The lowest BCUT2D eigenvalue weighted by Gasteiger charge is -2.21. The fourth-order valence-electron chi connectivity index (χ4n) is 2.41. The highest BCUT2D eigenvalue weighted by Gasteiger charge is 2.19. The number of hydrogen-bond acceptors (Lipinski definition) is 5. The molecule has 0 aliphatic heterocycles. The van der Waals surface area contributed by atoms with E-state index in [2.05, 4.69) is 24.1 Å². The largest absolute Gasteiger partial charge is 0.467 e. The van der Waals surface area contributed by atoms with E-state index in [4.69, 9.17) is 9.15 Å². The Morgan fingerprint density at radius 3 is 2.40 bits per heavy atom. The number of benzene rings is 1. The monoisotopic (exact) mass is 344 g/mol. The molecule has 0 aliphatic carbocycles. The summed E-state index contributed by atoms with van der Waals surface area (Å²) in [4.78, 5) is 26.3. The Morgan fingerprint density at radius 1 is 1.16 bits per heavy atom. The first-order valence-electron chi connectivity index (χ1n) is 8.41. The van der Waals surface area contributed by atoms with Gasteiger partial charge in [0.1, 0.15) is 5.76 Å². The van der Waals surface area contributed by atoms with E-state index in [1.54, 1.807) is 31.2 Å². The number of furan rings is 1. The van der Waals surface area contributed by atoms with Crippen LogP contribution in [0, 0.1) is 0 Å². The lowest BCUT2D eigenvalue weighted by atomic mass is 10.2. The molecule has 134 valence electrons. The van der Waals surface area contributed by atoms with Crippen molar-refractivity contribution in [2.24, 2.45) is 0 Å². The highest BCUT2D eigenvalue weighted by Crippen LogP contribution is 2.16. The summed E-state index contributed by atoms with van der Waals surface area (Å²) in [7, 11) is 0. The van der Waals surface area contributed by atoms with Gasteiger partial charge in [-0.1, -0.05) is 0 Å². The van der Waals surface area contributed by atoms with Crippen molar-refractivity contribution in [2.75, 3.05) is 18.0 Å². The summed E-state index contributed by atoms with van der Waals surface area (Å²) in [6.07, 6.45) is 0.650. The Bertz CT molecular complexity index is 676. The number of rotatable bonds is 8. The summed E-state index contributed by atoms with van der Waals surface area (Å²) >= 11 is 0. The molecule has 6 heteroatoms. The summed E-state index contributed by atoms with van der Waals surface area (Å²) in [5, 5.41) is 2.66. The first-order valence-corrected chi connectivity index (χ1v) is 8.41. The number of nitrogens with one attached hydrogen (secondary N) is 1. The van der Waals surface area contributed by atoms with Gasteiger partial charge in [-0.3, -0.25) is 4.79 Å². The van der Waals surface area contributed by atoms with Gasteiger partial charge in [0.2, 0.25) is 0 Å². The predicted octanol–water partition coefficient (Wildman–Crippen LogP) is 2.99. The first kappa shape index (κ1) is 18.6. The van der Waals surface area contributed by atoms with Crippen LogP contribution in [0.15, 0.2) is 47.1 Å². The number of carbonyl (C=O) groups is 2. The molecule has 0 saturated heterocycles. The van der Waals surface area contributed by atoms with Gasteiger partial charge < -0.3 is 19.4 Å². The number of nitrogens with zero attached hydrogens (tertiary/aromatic N) is 1. The average molecular weight is 344 g/mol. The molecule has 0 aliphatic rings. The Balaban J connectivity index is 1.88. The quantitative estimate of drug-likeness (QED) is 0.746. The van der Waals surface area contributed by atoms with Gasteiger partial charge in [-0.05, 0) is 57.2 Å². The summed E-state index contributed by atoms with van der Waals surface area (Å²) < 4.78 is 10.4. The molecule has 0 spiro atoms. The van der Waals surface area contributed by atoms with Crippen molar-refractivity contribution in [3.05, 3.63) is 54.0 Å². The zero-order valence-corrected chi connectivity index (χ0v) is 14.8. The molecular formula is C19H24N2O4. The highest BCUT2D eigenvalue weighted by atomic mass is 16.5. The SMILES string of the molecule is CCN(CC)c1ccc(C(=O)O[C@@H](C)C(=O)NCc2ccco2)cc1. The van der Waals surface area contributed by atoms with Gasteiger partial charge in [0.05, 0.1) is 18.4 Å². The predicted molar refractivity (Wildman–Crippen MR) is 95.4 cm³/mol. The minimum Gasteiger partial charge on any atom is -0.467 e. The zero-order chi connectivity index (χ0) is 18.2. The lowest BCUT2D eigenvalue weighted by Crippen LogP contribution is -2.35. The van der Waals surface area contributed by atoms with Gasteiger partial charge in [0.25, 0.3) is 5.91 Å². The Morgan fingerprint density at radius 2 is 1.84 bits per heavy atom. The second-order valence-corrected chi connectivity index (χ2v) is 5.56. The van der Waals surface area contributed by atoms with E-state index in [9.17, 15) is 9.59 Å². The molecule has 25 heavy (non-hydrogen) atoms. The summed E-state index contributed by atoms with van der Waals surface area (Å²) in [5.74, 6) is -0.255. The van der Waals surface area contributed by atoms with Gasteiger partial charge >= 0.3 is 5.97 Å². The molecule has 0 radical (unpaired) electrons. The van der Waals surface area contributed by atoms with Crippen molar-refractivity contribution >= 4 is 17.6 Å². The van der Waals surface area contributed by atoms with Crippen molar-refractivity contribution < 1.29 is 18.7 Å². The fourth-order valence-corrected chi connectivity index (χ4v) is 2.41. The third-order valence-corrected chi connectivity index (χ3v) is 3.90. The van der Waals surface area contributed by atoms with Crippen LogP contribution in [0.4, 0.5) is 5.69 Å². The van der Waals surface area contributed by atoms with Gasteiger partial charge in [-0.25, -0.2) is 4.79 Å². The number of hydrogen-bond donors (Lipinski definition) is 1. The van der Waals surface area contributed by atoms with Gasteiger partial charge in [0, 0.05) is 18.8 Å². The molecule has 1 atom stereocenters. The molecular weight excluding hydrogens is 320 g/mol. The van der Waals surface area contributed by atoms with Gasteiger partial charge in [-0.15, -0.1) is 0 Å². The minimum absolute atomic E-state index is 0.256. The Kier molecular flexibility index (Phi) is 6.62. The van der Waals surface area contributed by atoms with Gasteiger partial charge in [0.15, 0.2) is 6.10 Å². The van der Waals surface area contributed by atoms with Crippen LogP contribution in [0.2, 0.25) is 0 Å². The number of amides is 1. The Hall–Kier alpha value is -2.76. The second kappa shape index (κ2) is 8.92. The normalized spacial score (nSPS) is 11.6. The molecule has 1 aromatic carbocycles. The van der Waals surface area contributed by atoms with Crippen LogP contribution >= 0.6 is 0 Å². The van der Waals surface area contributed by atoms with E-state index in [0.29, 0.717) is 11.3 Å². The molecule has 2 rings (SSSR count). The molecule has 1 amide bonds. The number of esters is 1. The van der Waals surface area contributed by atoms with E-state index in [1.165, 1.54) is 6.26 Å². The van der Waals surface area contributed by atoms with Crippen LogP contribution in [-0.4, -0.2) is 31.1 Å². The number of anilines is 1.